The van der Waals surface area contributed by atoms with Crippen LogP contribution in [0.1, 0.15) is 25.5 Å². The molecule has 0 bridgehead atoms. The molecule has 8 nitrogen and oxygen atoms in total. The Balaban J connectivity index is 1.90. The number of carbonyl (C=O) groups excluding carboxylic acids is 1. The Morgan fingerprint density at radius 3 is 2.96 bits per heavy atom. The van der Waals surface area contributed by atoms with E-state index in [1.54, 1.807) is 6.20 Å². The number of rotatable bonds is 7. The molecule has 3 unspecified atom stereocenters. The molecule has 2 aliphatic rings. The van der Waals surface area contributed by atoms with Gasteiger partial charge in [0.05, 0.1) is 48.7 Å². The molecule has 0 saturated carbocycles. The summed E-state index contributed by atoms with van der Waals surface area (Å²) in [6, 6.07) is 5.90. The molecule has 8 heteroatoms. The molecule has 27 heavy (non-hydrogen) atoms. The molecular weight excluding hydrogens is 344 g/mol. The van der Waals surface area contributed by atoms with Crippen molar-refractivity contribution >= 4 is 17.8 Å². The number of nitriles is 1. The fraction of sp³-hybridized carbons (Fsp3) is 0.579. The van der Waals surface area contributed by atoms with Crippen LogP contribution in [0.5, 0.6) is 0 Å². The number of nitrogens with zero attached hydrogens (tertiary/aromatic N) is 3. The Bertz CT molecular complexity index is 747. The molecule has 4 N–H and O–H groups in total. The number of nitrogens with two attached hydrogens (primary N) is 1. The van der Waals surface area contributed by atoms with Gasteiger partial charge in [0.1, 0.15) is 5.92 Å². The first-order chi connectivity index (χ1) is 13.0. The molecule has 2 saturated heterocycles. The number of ether oxygens (including phenoxy) is 1. The number of aromatic nitrogens is 1. The molecule has 3 rings (SSSR count). The molecule has 0 spiro atoms. The fourth-order valence-corrected chi connectivity index (χ4v) is 3.81. The van der Waals surface area contributed by atoms with Crippen LogP contribution in [-0.2, 0) is 9.53 Å². The van der Waals surface area contributed by atoms with Gasteiger partial charge in [-0.1, -0.05) is 6.92 Å². The van der Waals surface area contributed by atoms with Gasteiger partial charge in [-0.05, 0) is 31.0 Å². The Labute approximate surface area is 158 Å². The van der Waals surface area contributed by atoms with E-state index in [1.165, 1.54) is 0 Å². The van der Waals surface area contributed by atoms with Gasteiger partial charge in [0.25, 0.3) is 0 Å². The zero-order valence-electron chi connectivity index (χ0n) is 15.5. The van der Waals surface area contributed by atoms with Crippen molar-refractivity contribution in [2.45, 2.75) is 31.3 Å². The SMILES string of the molecule is CC1CCN(C2(CC#N)COC2)CC1N=C(c1ccc[nH]1)C(C=N)C(N)=O. The fourth-order valence-electron chi connectivity index (χ4n) is 3.81. The minimum Gasteiger partial charge on any atom is -0.377 e. The third-order valence-electron chi connectivity index (χ3n) is 5.69. The molecular formula is C19H26N6O2. The van der Waals surface area contributed by atoms with Gasteiger partial charge in [-0.2, -0.15) is 5.26 Å². The summed E-state index contributed by atoms with van der Waals surface area (Å²) in [6.45, 7) is 4.88. The lowest BCUT2D eigenvalue weighted by Crippen LogP contribution is -2.65. The van der Waals surface area contributed by atoms with Gasteiger partial charge in [-0.25, -0.2) is 0 Å². The molecule has 1 amide bonds. The van der Waals surface area contributed by atoms with Gasteiger partial charge < -0.3 is 20.9 Å². The van der Waals surface area contributed by atoms with Crippen LogP contribution in [0.15, 0.2) is 23.3 Å². The van der Waals surface area contributed by atoms with Crippen molar-refractivity contribution in [1.29, 1.82) is 10.7 Å². The molecule has 0 aromatic carbocycles. The lowest BCUT2D eigenvalue weighted by Gasteiger charge is -2.51. The first-order valence-corrected chi connectivity index (χ1v) is 9.22. The highest BCUT2D eigenvalue weighted by molar-refractivity contribution is 6.20. The van der Waals surface area contributed by atoms with Gasteiger partial charge in [-0.15, -0.1) is 0 Å². The molecule has 0 radical (unpaired) electrons. The van der Waals surface area contributed by atoms with Crippen molar-refractivity contribution in [3.05, 3.63) is 24.0 Å². The highest BCUT2D eigenvalue weighted by Crippen LogP contribution is 2.33. The molecule has 3 heterocycles. The van der Waals surface area contributed by atoms with Crippen molar-refractivity contribution in [1.82, 2.24) is 9.88 Å². The van der Waals surface area contributed by atoms with E-state index in [-0.39, 0.29) is 11.6 Å². The zero-order valence-corrected chi connectivity index (χ0v) is 15.5. The molecule has 0 aliphatic carbocycles. The topological polar surface area (TPSA) is 131 Å². The lowest BCUT2D eigenvalue weighted by molar-refractivity contribution is -0.147. The predicted molar refractivity (Wildman–Crippen MR) is 102 cm³/mol. The van der Waals surface area contributed by atoms with Gasteiger partial charge in [0.15, 0.2) is 0 Å². The van der Waals surface area contributed by atoms with Crippen LogP contribution in [-0.4, -0.2) is 65.6 Å². The molecule has 2 fully saturated rings. The Morgan fingerprint density at radius 2 is 2.44 bits per heavy atom. The van der Waals surface area contributed by atoms with E-state index < -0.39 is 11.8 Å². The van der Waals surface area contributed by atoms with Crippen LogP contribution in [0.25, 0.3) is 0 Å². The second-order valence-corrected chi connectivity index (χ2v) is 7.48. The highest BCUT2D eigenvalue weighted by Gasteiger charge is 2.46. The zero-order chi connectivity index (χ0) is 19.4. The number of aliphatic imine (C=N–C) groups is 1. The minimum atomic E-state index is -0.869. The van der Waals surface area contributed by atoms with E-state index in [2.05, 4.69) is 22.9 Å². The third kappa shape index (κ3) is 3.80. The van der Waals surface area contributed by atoms with E-state index >= 15 is 0 Å². The van der Waals surface area contributed by atoms with Crippen molar-refractivity contribution in [2.75, 3.05) is 26.3 Å². The summed E-state index contributed by atoms with van der Waals surface area (Å²) < 4.78 is 5.41. The number of hydrogen-bond donors (Lipinski definition) is 3. The summed E-state index contributed by atoms with van der Waals surface area (Å²) in [4.78, 5) is 22.2. The van der Waals surface area contributed by atoms with Crippen LogP contribution < -0.4 is 5.73 Å². The summed E-state index contributed by atoms with van der Waals surface area (Å²) in [7, 11) is 0. The first kappa shape index (κ1) is 19.3. The van der Waals surface area contributed by atoms with Crippen LogP contribution in [0.4, 0.5) is 0 Å². The van der Waals surface area contributed by atoms with Crippen molar-refractivity contribution in [3.63, 3.8) is 0 Å². The van der Waals surface area contributed by atoms with Crippen LogP contribution in [0.2, 0.25) is 0 Å². The monoisotopic (exact) mass is 370 g/mol. The van der Waals surface area contributed by atoms with Crippen molar-refractivity contribution < 1.29 is 9.53 Å². The van der Waals surface area contributed by atoms with Crippen LogP contribution >= 0.6 is 0 Å². The maximum atomic E-state index is 11.9. The second kappa shape index (κ2) is 8.03. The maximum Gasteiger partial charge on any atom is 0.232 e. The maximum absolute atomic E-state index is 11.9. The first-order valence-electron chi connectivity index (χ1n) is 9.22. The van der Waals surface area contributed by atoms with Gasteiger partial charge in [0, 0.05) is 19.0 Å². The third-order valence-corrected chi connectivity index (χ3v) is 5.69. The number of aromatic amines is 1. The van der Waals surface area contributed by atoms with Crippen LogP contribution in [0.3, 0.4) is 0 Å². The predicted octanol–water partition coefficient (Wildman–Crippen LogP) is 0.948. The van der Waals surface area contributed by atoms with E-state index in [0.29, 0.717) is 43.5 Å². The Kier molecular flexibility index (Phi) is 5.73. The van der Waals surface area contributed by atoms with Crippen molar-refractivity contribution in [3.8, 4) is 6.07 Å². The average Bonchev–Trinajstić information content (AvgIpc) is 3.14. The number of hydrogen-bond acceptors (Lipinski definition) is 6. The van der Waals surface area contributed by atoms with Gasteiger partial charge in [-0.3, -0.25) is 14.7 Å². The number of piperidine rings is 1. The normalized spacial score (nSPS) is 26.6. The molecule has 1 aromatic heterocycles. The van der Waals surface area contributed by atoms with E-state index in [4.69, 9.17) is 20.9 Å². The minimum absolute atomic E-state index is 0.0463. The van der Waals surface area contributed by atoms with E-state index in [0.717, 1.165) is 19.2 Å². The van der Waals surface area contributed by atoms with Crippen LogP contribution in [0, 0.1) is 28.6 Å². The molecule has 2 aliphatic heterocycles. The number of amides is 1. The lowest BCUT2D eigenvalue weighted by atomic mass is 9.85. The largest absolute Gasteiger partial charge is 0.377 e. The molecule has 144 valence electrons. The quantitative estimate of drug-likeness (QED) is 0.616. The summed E-state index contributed by atoms with van der Waals surface area (Å²) in [5.74, 6) is -1.14. The smallest absolute Gasteiger partial charge is 0.232 e. The number of H-pyrrole nitrogens is 1. The van der Waals surface area contributed by atoms with Gasteiger partial charge in [0.2, 0.25) is 5.91 Å². The summed E-state index contributed by atoms with van der Waals surface area (Å²) in [6.07, 6.45) is 4.19. The summed E-state index contributed by atoms with van der Waals surface area (Å²) in [5, 5.41) is 16.9. The Morgan fingerprint density at radius 1 is 1.67 bits per heavy atom. The number of likely N-dealkylation sites (tertiary alicyclic amines) is 1. The Hall–Kier alpha value is -2.50. The summed E-state index contributed by atoms with van der Waals surface area (Å²) >= 11 is 0. The second-order valence-electron chi connectivity index (χ2n) is 7.48. The van der Waals surface area contributed by atoms with Crippen molar-refractivity contribution in [2.24, 2.45) is 22.6 Å². The van der Waals surface area contributed by atoms with E-state index in [1.807, 2.05) is 12.1 Å². The highest BCUT2D eigenvalue weighted by atomic mass is 16.5. The number of nitrogens with one attached hydrogen (secondary N) is 2. The summed E-state index contributed by atoms with van der Waals surface area (Å²) in [5.41, 5.74) is 6.49. The number of primary amides is 1. The molecule has 1 aromatic rings. The standard InChI is InChI=1S/C19H26N6O2/c1-13-4-8-25(19(5-6-20)11-27-12-19)10-16(13)24-17(14(9-21)18(22)26)15-3-2-7-23-15/h2-3,7,9,13-14,16,21,23H,4-5,8,10-12H2,1H3,(H2,22,26). The number of carbonyl (C=O) groups is 1. The van der Waals surface area contributed by atoms with E-state index in [9.17, 15) is 10.1 Å². The van der Waals surface area contributed by atoms with Gasteiger partial charge >= 0.3 is 0 Å². The average molecular weight is 370 g/mol. The molecule has 3 atom stereocenters.